The number of benzene rings is 2. The van der Waals surface area contributed by atoms with Crippen molar-refractivity contribution >= 4 is 43.3 Å². The fraction of sp³-hybridized carbons (Fsp3) is 0.158. The molecule has 3 rings (SSSR count). The summed E-state index contributed by atoms with van der Waals surface area (Å²) in [5, 5.41) is 8.65. The lowest BCUT2D eigenvalue weighted by Gasteiger charge is -2.06. The van der Waals surface area contributed by atoms with Gasteiger partial charge in [0.1, 0.15) is 4.88 Å². The van der Waals surface area contributed by atoms with Crippen molar-refractivity contribution in [3.8, 4) is 0 Å². The van der Waals surface area contributed by atoms with Crippen LogP contribution in [0.5, 0.6) is 0 Å². The van der Waals surface area contributed by atoms with Gasteiger partial charge in [0.15, 0.2) is 6.61 Å². The number of hydrogen-bond acceptors (Lipinski definition) is 6. The van der Waals surface area contributed by atoms with Crippen LogP contribution in [0.2, 0.25) is 0 Å². The zero-order valence-electron chi connectivity index (χ0n) is 14.8. The molecule has 0 bridgehead atoms. The Hall–Kier alpha value is -2.75. The Morgan fingerprint density at radius 3 is 2.46 bits per heavy atom. The maximum Gasteiger partial charge on any atom is 0.348 e. The molecule has 3 N–H and O–H groups in total. The number of primary sulfonamides is 1. The molecule has 2 aromatic carbocycles. The quantitative estimate of drug-likeness (QED) is 0.570. The van der Waals surface area contributed by atoms with Crippen LogP contribution < -0.4 is 10.5 Å². The molecular formula is C19H18N2O5S2. The molecule has 0 atom stereocenters. The van der Waals surface area contributed by atoms with E-state index in [-0.39, 0.29) is 11.5 Å². The van der Waals surface area contributed by atoms with E-state index in [1.165, 1.54) is 23.5 Å². The van der Waals surface area contributed by atoms with E-state index in [0.29, 0.717) is 17.8 Å². The Bertz CT molecular complexity index is 1070. The minimum Gasteiger partial charge on any atom is -0.451 e. The van der Waals surface area contributed by atoms with Gasteiger partial charge in [-0.25, -0.2) is 18.4 Å². The highest BCUT2D eigenvalue weighted by atomic mass is 32.2. The number of fused-ring (bicyclic) bond motifs is 1. The maximum absolute atomic E-state index is 12.1. The second-order valence-corrected chi connectivity index (χ2v) is 8.66. The molecule has 0 unspecified atom stereocenters. The summed E-state index contributed by atoms with van der Waals surface area (Å²) in [7, 11) is -3.72. The van der Waals surface area contributed by atoms with Gasteiger partial charge in [-0.3, -0.25) is 4.79 Å². The molecule has 0 saturated heterocycles. The van der Waals surface area contributed by atoms with Crippen LogP contribution in [0.3, 0.4) is 0 Å². The molecule has 0 saturated carbocycles. The van der Waals surface area contributed by atoms with Crippen molar-refractivity contribution in [2.24, 2.45) is 5.14 Å². The first-order valence-electron chi connectivity index (χ1n) is 8.37. The molecule has 0 aliphatic heterocycles. The summed E-state index contributed by atoms with van der Waals surface area (Å²) < 4.78 is 28.4. The number of carbonyl (C=O) groups is 2. The zero-order valence-corrected chi connectivity index (χ0v) is 16.4. The van der Waals surface area contributed by atoms with E-state index in [1.54, 1.807) is 18.2 Å². The van der Waals surface area contributed by atoms with Crippen molar-refractivity contribution < 1.29 is 22.7 Å². The summed E-state index contributed by atoms with van der Waals surface area (Å²) >= 11 is 1.32. The first-order chi connectivity index (χ1) is 13.3. The van der Waals surface area contributed by atoms with Crippen molar-refractivity contribution in [3.05, 3.63) is 65.0 Å². The van der Waals surface area contributed by atoms with E-state index in [9.17, 15) is 18.0 Å². The second kappa shape index (κ2) is 8.51. The molecule has 3 aromatic rings. The molecule has 0 aliphatic rings. The van der Waals surface area contributed by atoms with E-state index in [1.807, 2.05) is 24.3 Å². The van der Waals surface area contributed by atoms with Crippen molar-refractivity contribution in [2.45, 2.75) is 11.3 Å². The number of thiophene rings is 1. The summed E-state index contributed by atoms with van der Waals surface area (Å²) in [6, 6.07) is 15.4. The van der Waals surface area contributed by atoms with Gasteiger partial charge in [0.25, 0.3) is 5.91 Å². The summed E-state index contributed by atoms with van der Waals surface area (Å²) in [6.07, 6.45) is 0.501. The molecule has 28 heavy (non-hydrogen) atoms. The SMILES string of the molecule is NS(=O)(=O)c1ccc(CCNC(=O)COC(=O)c2cc3ccccc3s2)cc1. The van der Waals surface area contributed by atoms with E-state index in [4.69, 9.17) is 9.88 Å². The van der Waals surface area contributed by atoms with Gasteiger partial charge < -0.3 is 10.1 Å². The molecular weight excluding hydrogens is 400 g/mol. The fourth-order valence-corrected chi connectivity index (χ4v) is 4.00. The molecule has 0 aliphatic carbocycles. The largest absolute Gasteiger partial charge is 0.451 e. The topological polar surface area (TPSA) is 116 Å². The number of carbonyl (C=O) groups excluding carboxylic acids is 2. The minimum atomic E-state index is -3.72. The number of nitrogens with one attached hydrogen (secondary N) is 1. The van der Waals surface area contributed by atoms with E-state index < -0.39 is 21.9 Å². The van der Waals surface area contributed by atoms with E-state index in [0.717, 1.165) is 15.6 Å². The van der Waals surface area contributed by atoms with Gasteiger partial charge >= 0.3 is 5.97 Å². The average molecular weight is 418 g/mol. The Balaban J connectivity index is 1.43. The summed E-state index contributed by atoms with van der Waals surface area (Å²) in [5.41, 5.74) is 0.843. The Kier molecular flexibility index (Phi) is 6.08. The number of hydrogen-bond donors (Lipinski definition) is 2. The second-order valence-electron chi connectivity index (χ2n) is 6.01. The maximum atomic E-state index is 12.1. The van der Waals surface area contributed by atoms with Gasteiger partial charge in [0.2, 0.25) is 10.0 Å². The predicted octanol–water partition coefficient (Wildman–Crippen LogP) is 2.06. The van der Waals surface area contributed by atoms with Crippen LogP contribution in [0, 0.1) is 0 Å². The summed E-state index contributed by atoms with van der Waals surface area (Å²) in [4.78, 5) is 24.4. The number of nitrogens with two attached hydrogens (primary N) is 1. The van der Waals surface area contributed by atoms with Crippen LogP contribution in [0.4, 0.5) is 0 Å². The Morgan fingerprint density at radius 2 is 1.79 bits per heavy atom. The van der Waals surface area contributed by atoms with Crippen LogP contribution >= 0.6 is 11.3 Å². The van der Waals surface area contributed by atoms with Gasteiger partial charge in [-0.1, -0.05) is 30.3 Å². The number of sulfonamides is 1. The first kappa shape index (κ1) is 20.0. The lowest BCUT2D eigenvalue weighted by molar-refractivity contribution is -0.124. The Labute approximate surface area is 166 Å². The molecule has 1 heterocycles. The molecule has 1 amide bonds. The highest BCUT2D eigenvalue weighted by Gasteiger charge is 2.13. The monoisotopic (exact) mass is 418 g/mol. The average Bonchev–Trinajstić information content (AvgIpc) is 3.10. The third kappa shape index (κ3) is 5.16. The van der Waals surface area contributed by atoms with Crippen LogP contribution in [0.15, 0.2) is 59.5 Å². The van der Waals surface area contributed by atoms with E-state index in [2.05, 4.69) is 5.32 Å². The molecule has 1 aromatic heterocycles. The van der Waals surface area contributed by atoms with Crippen molar-refractivity contribution in [1.29, 1.82) is 0 Å². The van der Waals surface area contributed by atoms with Crippen molar-refractivity contribution in [3.63, 3.8) is 0 Å². The van der Waals surface area contributed by atoms with Gasteiger partial charge in [0, 0.05) is 11.2 Å². The highest BCUT2D eigenvalue weighted by molar-refractivity contribution is 7.89. The van der Waals surface area contributed by atoms with Crippen molar-refractivity contribution in [1.82, 2.24) is 5.32 Å². The van der Waals surface area contributed by atoms with Gasteiger partial charge in [-0.15, -0.1) is 11.3 Å². The number of esters is 1. The number of rotatable bonds is 7. The van der Waals surface area contributed by atoms with Crippen LogP contribution in [0.1, 0.15) is 15.2 Å². The fourth-order valence-electron chi connectivity index (χ4n) is 2.53. The van der Waals surface area contributed by atoms with Crippen LogP contribution in [-0.4, -0.2) is 33.4 Å². The number of ether oxygens (including phenoxy) is 1. The van der Waals surface area contributed by atoms with Crippen LogP contribution in [-0.2, 0) is 26.0 Å². The smallest absolute Gasteiger partial charge is 0.348 e. The molecule has 7 nitrogen and oxygen atoms in total. The van der Waals surface area contributed by atoms with Gasteiger partial charge in [-0.05, 0) is 41.6 Å². The predicted molar refractivity (Wildman–Crippen MR) is 107 cm³/mol. The standard InChI is InChI=1S/C19H18N2O5S2/c20-28(24,25)15-7-5-13(6-8-15)9-10-21-18(22)12-26-19(23)17-11-14-3-1-2-4-16(14)27-17/h1-8,11H,9-10,12H2,(H,21,22)(H2,20,24,25). The molecule has 0 fully saturated rings. The van der Waals surface area contributed by atoms with E-state index >= 15 is 0 Å². The first-order valence-corrected chi connectivity index (χ1v) is 10.7. The van der Waals surface area contributed by atoms with Crippen LogP contribution in [0.25, 0.3) is 10.1 Å². The lowest BCUT2D eigenvalue weighted by atomic mass is 10.1. The molecule has 146 valence electrons. The highest BCUT2D eigenvalue weighted by Crippen LogP contribution is 2.25. The summed E-state index contributed by atoms with van der Waals surface area (Å²) in [6.45, 7) is -0.0363. The molecule has 0 spiro atoms. The normalized spacial score (nSPS) is 11.3. The summed E-state index contributed by atoms with van der Waals surface area (Å²) in [5.74, 6) is -0.939. The van der Waals surface area contributed by atoms with Gasteiger partial charge in [0.05, 0.1) is 4.90 Å². The molecule has 0 radical (unpaired) electrons. The number of amides is 1. The van der Waals surface area contributed by atoms with Crippen molar-refractivity contribution in [2.75, 3.05) is 13.2 Å². The lowest BCUT2D eigenvalue weighted by Crippen LogP contribution is -2.30. The third-order valence-corrected chi connectivity index (χ3v) is 5.97. The zero-order chi connectivity index (χ0) is 20.1. The third-order valence-electron chi connectivity index (χ3n) is 3.95. The minimum absolute atomic E-state index is 0.0356. The molecule has 9 heteroatoms. The Morgan fingerprint density at radius 1 is 1.07 bits per heavy atom. The van der Waals surface area contributed by atoms with Gasteiger partial charge in [-0.2, -0.15) is 0 Å².